The molecule has 1 unspecified atom stereocenters. The first-order valence-corrected chi connectivity index (χ1v) is 7.75. The van der Waals surface area contributed by atoms with Gasteiger partial charge in [0.15, 0.2) is 0 Å². The molecule has 1 aliphatic heterocycles. The number of nitrogens with one attached hydrogen (secondary N) is 1. The molecule has 3 N–H and O–H groups in total. The summed E-state index contributed by atoms with van der Waals surface area (Å²) >= 11 is 0. The Kier molecular flexibility index (Phi) is 4.51. The molecule has 0 spiro atoms. The van der Waals surface area contributed by atoms with Crippen molar-refractivity contribution in [2.24, 2.45) is 11.1 Å². The maximum absolute atomic E-state index is 12.4. The third-order valence-electron chi connectivity index (χ3n) is 5.30. The lowest BCUT2D eigenvalue weighted by molar-refractivity contribution is -0.139. The summed E-state index contributed by atoms with van der Waals surface area (Å²) in [5, 5.41) is 3.24. The number of rotatable bonds is 5. The number of ether oxygens (including phenoxy) is 1. The molecular formula is C15H28N2O2. The molecule has 1 heterocycles. The smallest absolute Gasteiger partial charge is 0.227 e. The summed E-state index contributed by atoms with van der Waals surface area (Å²) in [7, 11) is 0. The van der Waals surface area contributed by atoms with Gasteiger partial charge in [-0.05, 0) is 38.5 Å². The summed E-state index contributed by atoms with van der Waals surface area (Å²) in [4.78, 5) is 12.4. The molecule has 1 saturated heterocycles. The fourth-order valence-corrected chi connectivity index (χ4v) is 3.36. The topological polar surface area (TPSA) is 64.4 Å². The highest BCUT2D eigenvalue weighted by atomic mass is 16.5. The minimum absolute atomic E-state index is 0.0360. The van der Waals surface area contributed by atoms with Crippen molar-refractivity contribution in [3.8, 4) is 0 Å². The van der Waals surface area contributed by atoms with E-state index in [1.165, 1.54) is 0 Å². The Morgan fingerprint density at radius 3 is 2.53 bits per heavy atom. The third-order valence-corrected chi connectivity index (χ3v) is 5.30. The van der Waals surface area contributed by atoms with Gasteiger partial charge in [-0.25, -0.2) is 0 Å². The molecule has 0 aromatic rings. The van der Waals surface area contributed by atoms with Gasteiger partial charge in [-0.3, -0.25) is 4.79 Å². The number of carbonyl (C=O) groups is 1. The summed E-state index contributed by atoms with van der Waals surface area (Å²) in [5.74, 6) is 0.175. The number of amides is 1. The Hall–Kier alpha value is -0.610. The number of hydrogen-bond donors (Lipinski definition) is 2. The Balaban J connectivity index is 1.94. The van der Waals surface area contributed by atoms with Crippen LogP contribution < -0.4 is 11.1 Å². The van der Waals surface area contributed by atoms with Gasteiger partial charge in [-0.1, -0.05) is 20.3 Å². The predicted octanol–water partition coefficient (Wildman–Crippen LogP) is 1.97. The van der Waals surface area contributed by atoms with E-state index >= 15 is 0 Å². The highest BCUT2D eigenvalue weighted by Gasteiger charge is 2.44. The molecule has 1 aliphatic carbocycles. The zero-order valence-corrected chi connectivity index (χ0v) is 12.3. The molecule has 19 heavy (non-hydrogen) atoms. The fraction of sp³-hybridized carbons (Fsp3) is 0.933. The lowest BCUT2D eigenvalue weighted by Gasteiger charge is -2.43. The summed E-state index contributed by atoms with van der Waals surface area (Å²) in [5.41, 5.74) is 5.49. The van der Waals surface area contributed by atoms with Crippen molar-refractivity contribution in [1.82, 2.24) is 5.32 Å². The molecule has 2 rings (SSSR count). The molecular weight excluding hydrogens is 240 g/mol. The van der Waals surface area contributed by atoms with Crippen LogP contribution in [0.2, 0.25) is 0 Å². The minimum Gasteiger partial charge on any atom is -0.375 e. The van der Waals surface area contributed by atoms with Crippen molar-refractivity contribution in [1.29, 1.82) is 0 Å². The highest BCUT2D eigenvalue weighted by molar-refractivity contribution is 5.84. The largest absolute Gasteiger partial charge is 0.375 e. The van der Waals surface area contributed by atoms with Crippen LogP contribution in [0.1, 0.15) is 58.8 Å². The van der Waals surface area contributed by atoms with Crippen LogP contribution in [0.15, 0.2) is 0 Å². The minimum atomic E-state index is -0.264. The summed E-state index contributed by atoms with van der Waals surface area (Å²) in [6.07, 6.45) is 6.92. The Bertz CT molecular complexity index is 317. The molecule has 0 aromatic carbocycles. The first kappa shape index (κ1) is 14.8. The molecule has 110 valence electrons. The van der Waals surface area contributed by atoms with Crippen molar-refractivity contribution in [3.05, 3.63) is 0 Å². The quantitative estimate of drug-likeness (QED) is 0.801. The molecule has 0 radical (unpaired) electrons. The molecule has 0 aromatic heterocycles. The summed E-state index contributed by atoms with van der Waals surface area (Å²) < 4.78 is 5.95. The van der Waals surface area contributed by atoms with Gasteiger partial charge in [0.2, 0.25) is 5.91 Å². The third kappa shape index (κ3) is 2.79. The standard InChI is InChI=1S/C15H28N2O2/c1-3-15(4-2)10-12(6-9-19-15)17-13(18)14(11-16)7-5-8-14/h12H,3-11,16H2,1-2H3,(H,17,18). The van der Waals surface area contributed by atoms with Crippen molar-refractivity contribution in [3.63, 3.8) is 0 Å². The van der Waals surface area contributed by atoms with Gasteiger partial charge in [0.1, 0.15) is 0 Å². The normalized spacial score (nSPS) is 28.5. The van der Waals surface area contributed by atoms with E-state index in [9.17, 15) is 4.79 Å². The second kappa shape index (κ2) is 5.80. The van der Waals surface area contributed by atoms with E-state index in [2.05, 4.69) is 19.2 Å². The van der Waals surface area contributed by atoms with Crippen molar-refractivity contribution >= 4 is 5.91 Å². The van der Waals surface area contributed by atoms with Crippen LogP contribution in [0.4, 0.5) is 0 Å². The molecule has 2 aliphatic rings. The SMILES string of the molecule is CCC1(CC)CC(NC(=O)C2(CN)CCC2)CCO1. The van der Waals surface area contributed by atoms with Crippen LogP contribution >= 0.6 is 0 Å². The van der Waals surface area contributed by atoms with Crippen LogP contribution in [0.25, 0.3) is 0 Å². The zero-order valence-electron chi connectivity index (χ0n) is 12.3. The van der Waals surface area contributed by atoms with E-state index < -0.39 is 0 Å². The molecule has 1 atom stereocenters. The lowest BCUT2D eigenvalue weighted by atomic mass is 9.68. The molecule has 4 nitrogen and oxygen atoms in total. The lowest BCUT2D eigenvalue weighted by Crippen LogP contribution is -2.55. The maximum atomic E-state index is 12.4. The van der Waals surface area contributed by atoms with Gasteiger partial charge in [0.25, 0.3) is 0 Å². The van der Waals surface area contributed by atoms with Crippen LogP contribution in [-0.2, 0) is 9.53 Å². The second-order valence-electron chi connectivity index (χ2n) is 6.24. The maximum Gasteiger partial charge on any atom is 0.227 e. The first-order valence-electron chi connectivity index (χ1n) is 7.75. The van der Waals surface area contributed by atoms with Crippen molar-refractivity contribution in [2.75, 3.05) is 13.2 Å². The van der Waals surface area contributed by atoms with Gasteiger partial charge in [-0.15, -0.1) is 0 Å². The average molecular weight is 268 g/mol. The van der Waals surface area contributed by atoms with Gasteiger partial charge in [-0.2, -0.15) is 0 Å². The van der Waals surface area contributed by atoms with Crippen molar-refractivity contribution < 1.29 is 9.53 Å². The number of hydrogen-bond acceptors (Lipinski definition) is 3. The Morgan fingerprint density at radius 1 is 1.37 bits per heavy atom. The highest BCUT2D eigenvalue weighted by Crippen LogP contribution is 2.40. The van der Waals surface area contributed by atoms with Crippen molar-refractivity contribution in [2.45, 2.75) is 70.4 Å². The van der Waals surface area contributed by atoms with Crippen LogP contribution in [0, 0.1) is 5.41 Å². The average Bonchev–Trinajstić information content (AvgIpc) is 2.38. The monoisotopic (exact) mass is 268 g/mol. The van der Waals surface area contributed by atoms with Gasteiger partial charge in [0, 0.05) is 19.2 Å². The molecule has 4 heteroatoms. The number of carbonyl (C=O) groups excluding carboxylic acids is 1. The Morgan fingerprint density at radius 2 is 2.05 bits per heavy atom. The second-order valence-corrected chi connectivity index (χ2v) is 6.24. The van der Waals surface area contributed by atoms with E-state index in [-0.39, 0.29) is 23.0 Å². The Labute approximate surface area is 116 Å². The molecule has 0 bridgehead atoms. The molecule has 1 amide bonds. The van der Waals surface area contributed by atoms with E-state index in [1.54, 1.807) is 0 Å². The summed E-state index contributed by atoms with van der Waals surface area (Å²) in [6, 6.07) is 0.255. The van der Waals surface area contributed by atoms with E-state index in [1.807, 2.05) is 0 Å². The van der Waals surface area contributed by atoms with E-state index in [0.717, 1.165) is 51.6 Å². The van der Waals surface area contributed by atoms with E-state index in [0.29, 0.717) is 6.54 Å². The van der Waals surface area contributed by atoms with Crippen LogP contribution in [0.5, 0.6) is 0 Å². The van der Waals surface area contributed by atoms with Gasteiger partial charge >= 0.3 is 0 Å². The number of nitrogens with two attached hydrogens (primary N) is 1. The van der Waals surface area contributed by atoms with E-state index in [4.69, 9.17) is 10.5 Å². The predicted molar refractivity (Wildman–Crippen MR) is 75.8 cm³/mol. The summed E-state index contributed by atoms with van der Waals surface area (Å²) in [6.45, 7) is 5.57. The van der Waals surface area contributed by atoms with Crippen LogP contribution in [0.3, 0.4) is 0 Å². The zero-order chi connectivity index (χ0) is 13.9. The molecule has 2 fully saturated rings. The van der Waals surface area contributed by atoms with Gasteiger partial charge in [0.05, 0.1) is 11.0 Å². The van der Waals surface area contributed by atoms with Crippen LogP contribution in [-0.4, -0.2) is 30.7 Å². The fourth-order valence-electron chi connectivity index (χ4n) is 3.36. The molecule has 1 saturated carbocycles. The van der Waals surface area contributed by atoms with Gasteiger partial charge < -0.3 is 15.8 Å². The first-order chi connectivity index (χ1) is 9.10.